The Morgan fingerprint density at radius 2 is 2.05 bits per heavy atom. The average Bonchev–Trinajstić information content (AvgIpc) is 2.33. The van der Waals surface area contributed by atoms with E-state index in [0.29, 0.717) is 18.7 Å². The molecule has 1 aromatic carbocycles. The summed E-state index contributed by atoms with van der Waals surface area (Å²) >= 11 is 0. The molecule has 0 aliphatic heterocycles. The maximum atomic E-state index is 11.3. The number of nitrogens with one attached hydrogen (secondary N) is 3. The molecule has 0 atom stereocenters. The van der Waals surface area contributed by atoms with Crippen LogP contribution in [0.3, 0.4) is 0 Å². The van der Waals surface area contributed by atoms with E-state index in [4.69, 9.17) is 0 Å². The molecule has 0 spiro atoms. The summed E-state index contributed by atoms with van der Waals surface area (Å²) in [6.07, 6.45) is 0. The molecule has 0 saturated heterocycles. The van der Waals surface area contributed by atoms with Crippen LogP contribution in [0.1, 0.15) is 19.4 Å². The van der Waals surface area contributed by atoms with Crippen molar-refractivity contribution in [3.8, 4) is 0 Å². The molecule has 2 amide bonds. The topological polar surface area (TPSA) is 96.3 Å². The molecule has 0 bridgehead atoms. The second kappa shape index (κ2) is 7.32. The zero-order valence-electron chi connectivity index (χ0n) is 11.9. The number of aryl methyl sites for hydroxylation is 1. The van der Waals surface area contributed by atoms with Crippen molar-refractivity contribution in [3.63, 3.8) is 0 Å². The van der Waals surface area contributed by atoms with E-state index < -0.39 is 4.92 Å². The maximum absolute atomic E-state index is 11.3. The Morgan fingerprint density at radius 3 is 2.60 bits per heavy atom. The number of rotatable bonds is 6. The molecule has 0 aliphatic carbocycles. The summed E-state index contributed by atoms with van der Waals surface area (Å²) in [5.41, 5.74) is 1.50. The van der Waals surface area contributed by atoms with Crippen LogP contribution in [0.25, 0.3) is 0 Å². The predicted molar refractivity (Wildman–Crippen MR) is 78.0 cm³/mol. The number of carbonyl (C=O) groups is 1. The van der Waals surface area contributed by atoms with Gasteiger partial charge in [0.05, 0.1) is 4.92 Å². The summed E-state index contributed by atoms with van der Waals surface area (Å²) in [6, 6.07) is 4.73. The number of nitro benzene ring substituents is 1. The molecule has 3 N–H and O–H groups in total. The third-order valence-electron chi connectivity index (χ3n) is 2.55. The van der Waals surface area contributed by atoms with E-state index in [1.165, 1.54) is 6.07 Å². The summed E-state index contributed by atoms with van der Waals surface area (Å²) in [6.45, 7) is 6.48. The van der Waals surface area contributed by atoms with Gasteiger partial charge >= 0.3 is 6.03 Å². The number of nitro groups is 1. The third kappa shape index (κ3) is 5.13. The summed E-state index contributed by atoms with van der Waals surface area (Å²) in [7, 11) is 0. The smallest absolute Gasteiger partial charge is 0.315 e. The molecule has 7 heteroatoms. The number of benzene rings is 1. The highest BCUT2D eigenvalue weighted by Crippen LogP contribution is 2.21. The number of hydrogen-bond donors (Lipinski definition) is 3. The molecule has 0 aromatic heterocycles. The molecule has 110 valence electrons. The molecule has 1 aromatic rings. The fraction of sp³-hybridized carbons (Fsp3) is 0.462. The van der Waals surface area contributed by atoms with Gasteiger partial charge in [-0.3, -0.25) is 10.1 Å². The lowest BCUT2D eigenvalue weighted by Gasteiger charge is -2.11. The number of amides is 2. The fourth-order valence-corrected chi connectivity index (χ4v) is 1.67. The second-order valence-electron chi connectivity index (χ2n) is 4.74. The van der Waals surface area contributed by atoms with Gasteiger partial charge in [0, 0.05) is 36.4 Å². The molecule has 0 aliphatic rings. The van der Waals surface area contributed by atoms with Crippen LogP contribution in [0, 0.1) is 17.0 Å². The minimum absolute atomic E-state index is 0.0975. The lowest BCUT2D eigenvalue weighted by atomic mass is 10.2. The lowest BCUT2D eigenvalue weighted by Crippen LogP contribution is -2.41. The molecule has 7 nitrogen and oxygen atoms in total. The highest BCUT2D eigenvalue weighted by Gasteiger charge is 2.09. The van der Waals surface area contributed by atoms with Gasteiger partial charge in [-0.15, -0.1) is 0 Å². The van der Waals surface area contributed by atoms with E-state index in [1.54, 1.807) is 19.1 Å². The van der Waals surface area contributed by atoms with Gasteiger partial charge in [-0.2, -0.15) is 0 Å². The first kappa shape index (κ1) is 15.7. The molecule has 20 heavy (non-hydrogen) atoms. The van der Waals surface area contributed by atoms with Crippen molar-refractivity contribution < 1.29 is 9.72 Å². The van der Waals surface area contributed by atoms with Crippen LogP contribution < -0.4 is 16.0 Å². The van der Waals surface area contributed by atoms with Gasteiger partial charge in [0.15, 0.2) is 0 Å². The van der Waals surface area contributed by atoms with Crippen molar-refractivity contribution in [2.75, 3.05) is 18.4 Å². The molecule has 1 rings (SSSR count). The predicted octanol–water partition coefficient (Wildman–Crippen LogP) is 2.02. The first-order valence-corrected chi connectivity index (χ1v) is 6.43. The zero-order chi connectivity index (χ0) is 15.1. The molecule has 0 heterocycles. The Labute approximate surface area is 117 Å². The lowest BCUT2D eigenvalue weighted by molar-refractivity contribution is -0.385. The normalized spacial score (nSPS) is 10.2. The number of urea groups is 1. The van der Waals surface area contributed by atoms with Crippen molar-refractivity contribution in [2.24, 2.45) is 0 Å². The molecule has 0 radical (unpaired) electrons. The van der Waals surface area contributed by atoms with Gasteiger partial charge < -0.3 is 16.0 Å². The summed E-state index contributed by atoms with van der Waals surface area (Å²) in [5.74, 6) is 0. The number of nitrogens with zero attached hydrogens (tertiary/aromatic N) is 1. The van der Waals surface area contributed by atoms with Gasteiger partial charge in [-0.1, -0.05) is 0 Å². The van der Waals surface area contributed by atoms with E-state index in [0.717, 1.165) is 5.69 Å². The van der Waals surface area contributed by atoms with Crippen LogP contribution in [0.5, 0.6) is 0 Å². The zero-order valence-corrected chi connectivity index (χ0v) is 11.9. The second-order valence-corrected chi connectivity index (χ2v) is 4.74. The van der Waals surface area contributed by atoms with E-state index in [-0.39, 0.29) is 17.8 Å². The SMILES string of the molecule is Cc1cc(NCCNC(=O)NC(C)C)ccc1[N+](=O)[O-]. The average molecular weight is 280 g/mol. The van der Waals surface area contributed by atoms with Crippen molar-refractivity contribution in [1.29, 1.82) is 0 Å². The van der Waals surface area contributed by atoms with E-state index in [1.807, 2.05) is 13.8 Å². The van der Waals surface area contributed by atoms with Gasteiger partial charge in [-0.25, -0.2) is 4.79 Å². The Bertz CT molecular complexity index is 489. The van der Waals surface area contributed by atoms with Crippen LogP contribution in [-0.2, 0) is 0 Å². The van der Waals surface area contributed by atoms with Crippen LogP contribution >= 0.6 is 0 Å². The summed E-state index contributed by atoms with van der Waals surface area (Å²) in [5, 5.41) is 19.2. The monoisotopic (exact) mass is 280 g/mol. The van der Waals surface area contributed by atoms with Gasteiger partial charge in [0.2, 0.25) is 0 Å². The standard InChI is InChI=1S/C13H20N4O3/c1-9(2)16-13(18)15-7-6-14-11-4-5-12(17(19)20)10(3)8-11/h4-5,8-9,14H,6-7H2,1-3H3,(H2,15,16,18). The first-order chi connectivity index (χ1) is 9.40. The molecular weight excluding hydrogens is 260 g/mol. The quantitative estimate of drug-likeness (QED) is 0.422. The highest BCUT2D eigenvalue weighted by molar-refractivity contribution is 5.74. The van der Waals surface area contributed by atoms with Gasteiger partial charge in [-0.05, 0) is 32.9 Å². The van der Waals surface area contributed by atoms with E-state index in [2.05, 4.69) is 16.0 Å². The molecule has 0 saturated carbocycles. The first-order valence-electron chi connectivity index (χ1n) is 6.43. The van der Waals surface area contributed by atoms with Crippen LogP contribution in [-0.4, -0.2) is 30.1 Å². The largest absolute Gasteiger partial charge is 0.383 e. The summed E-state index contributed by atoms with van der Waals surface area (Å²) in [4.78, 5) is 21.6. The Hall–Kier alpha value is -2.31. The van der Waals surface area contributed by atoms with Gasteiger partial charge in [0.1, 0.15) is 0 Å². The minimum Gasteiger partial charge on any atom is -0.383 e. The van der Waals surface area contributed by atoms with E-state index >= 15 is 0 Å². The summed E-state index contributed by atoms with van der Waals surface area (Å²) < 4.78 is 0. The molecule has 0 fully saturated rings. The Morgan fingerprint density at radius 1 is 1.35 bits per heavy atom. The number of hydrogen-bond acceptors (Lipinski definition) is 4. The minimum atomic E-state index is -0.406. The molecule has 0 unspecified atom stereocenters. The van der Waals surface area contributed by atoms with Crippen LogP contribution in [0.4, 0.5) is 16.2 Å². The highest BCUT2D eigenvalue weighted by atomic mass is 16.6. The number of carbonyl (C=O) groups excluding carboxylic acids is 1. The number of anilines is 1. The van der Waals surface area contributed by atoms with Crippen molar-refractivity contribution in [1.82, 2.24) is 10.6 Å². The Balaban J connectivity index is 2.38. The third-order valence-corrected chi connectivity index (χ3v) is 2.55. The van der Waals surface area contributed by atoms with Crippen molar-refractivity contribution >= 4 is 17.4 Å². The van der Waals surface area contributed by atoms with Crippen LogP contribution in [0.2, 0.25) is 0 Å². The fourth-order valence-electron chi connectivity index (χ4n) is 1.67. The van der Waals surface area contributed by atoms with Crippen LogP contribution in [0.15, 0.2) is 18.2 Å². The molecular formula is C13H20N4O3. The van der Waals surface area contributed by atoms with Gasteiger partial charge in [0.25, 0.3) is 5.69 Å². The maximum Gasteiger partial charge on any atom is 0.315 e. The van der Waals surface area contributed by atoms with Crippen molar-refractivity contribution in [3.05, 3.63) is 33.9 Å². The Kier molecular flexibility index (Phi) is 5.76. The van der Waals surface area contributed by atoms with E-state index in [9.17, 15) is 14.9 Å². The van der Waals surface area contributed by atoms with Crippen molar-refractivity contribution in [2.45, 2.75) is 26.8 Å².